The van der Waals surface area contributed by atoms with Crippen molar-refractivity contribution in [3.8, 4) is 16.8 Å². The predicted octanol–water partition coefficient (Wildman–Crippen LogP) is 2.65. The number of hydrogen-bond donors (Lipinski definition) is 1. The van der Waals surface area contributed by atoms with E-state index in [0.717, 1.165) is 60.1 Å². The van der Waals surface area contributed by atoms with E-state index in [1.807, 2.05) is 54.6 Å². The van der Waals surface area contributed by atoms with Crippen LogP contribution in [0.3, 0.4) is 0 Å². The zero-order chi connectivity index (χ0) is 18.6. The van der Waals surface area contributed by atoms with Crippen molar-refractivity contribution >= 4 is 17.8 Å². The third kappa shape index (κ3) is 3.68. The number of hydrogen-bond acceptors (Lipinski definition) is 5. The molecule has 0 unspecified atom stereocenters. The first kappa shape index (κ1) is 17.2. The topological polar surface area (TPSA) is 72.3 Å². The lowest BCUT2D eigenvalue weighted by atomic mass is 10.1. The average molecular weight is 363 g/mol. The molecule has 0 saturated carbocycles. The zero-order valence-electron chi connectivity index (χ0n) is 15.1. The first-order valence-corrected chi connectivity index (χ1v) is 8.88. The maximum absolute atomic E-state index is 10.7. The lowest BCUT2D eigenvalue weighted by Gasteiger charge is -2.28. The van der Waals surface area contributed by atoms with Crippen LogP contribution in [0.5, 0.6) is 0 Å². The van der Waals surface area contributed by atoms with Crippen LogP contribution in [0.4, 0.5) is 11.4 Å². The quantitative estimate of drug-likeness (QED) is 0.706. The van der Waals surface area contributed by atoms with Crippen molar-refractivity contribution < 1.29 is 9.53 Å². The number of benzene rings is 1. The van der Waals surface area contributed by atoms with Gasteiger partial charge in [0.05, 0.1) is 37.0 Å². The molecule has 1 aromatic carbocycles. The normalized spacial score (nSPS) is 14.2. The van der Waals surface area contributed by atoms with Gasteiger partial charge in [-0.15, -0.1) is 0 Å². The number of nitrogens with one attached hydrogen (secondary N) is 1. The van der Waals surface area contributed by atoms with E-state index in [2.05, 4.69) is 26.4 Å². The molecule has 3 aromatic rings. The van der Waals surface area contributed by atoms with Crippen LogP contribution in [0.2, 0.25) is 0 Å². The van der Waals surface area contributed by atoms with Crippen molar-refractivity contribution in [2.75, 3.05) is 36.5 Å². The van der Waals surface area contributed by atoms with E-state index in [1.54, 1.807) is 0 Å². The van der Waals surface area contributed by atoms with Crippen LogP contribution in [-0.4, -0.2) is 47.5 Å². The highest BCUT2D eigenvalue weighted by Gasteiger charge is 2.13. The molecule has 1 saturated heterocycles. The van der Waals surface area contributed by atoms with Crippen LogP contribution in [-0.2, 0) is 9.53 Å². The van der Waals surface area contributed by atoms with Crippen molar-refractivity contribution in [1.82, 2.24) is 14.8 Å². The first-order chi connectivity index (χ1) is 13.2. The summed E-state index contributed by atoms with van der Waals surface area (Å²) in [4.78, 5) is 17.4. The SMILES string of the molecule is Cc1ccc(NC=O)cc1-n1cc(-c2cncc(N3CCOCC3)c2)cn1. The molecule has 1 aliphatic rings. The predicted molar refractivity (Wildman–Crippen MR) is 104 cm³/mol. The first-order valence-electron chi connectivity index (χ1n) is 8.88. The summed E-state index contributed by atoms with van der Waals surface area (Å²) in [7, 11) is 0. The minimum absolute atomic E-state index is 0.672. The Labute approximate surface area is 157 Å². The van der Waals surface area contributed by atoms with Gasteiger partial charge in [0.15, 0.2) is 0 Å². The Balaban J connectivity index is 1.63. The molecule has 4 rings (SSSR count). The second kappa shape index (κ2) is 7.59. The fourth-order valence-corrected chi connectivity index (χ4v) is 3.20. The number of nitrogens with zero attached hydrogens (tertiary/aromatic N) is 4. The fourth-order valence-electron chi connectivity index (χ4n) is 3.20. The van der Waals surface area contributed by atoms with Gasteiger partial charge in [-0.1, -0.05) is 6.07 Å². The van der Waals surface area contributed by atoms with E-state index < -0.39 is 0 Å². The molecule has 1 N–H and O–H groups in total. The Bertz CT molecular complexity index is 947. The van der Waals surface area contributed by atoms with E-state index in [4.69, 9.17) is 4.74 Å². The number of aryl methyl sites for hydroxylation is 1. The molecular formula is C20H21N5O2. The number of amides is 1. The highest BCUT2D eigenvalue weighted by atomic mass is 16.5. The van der Waals surface area contributed by atoms with Crippen LogP contribution >= 0.6 is 0 Å². The van der Waals surface area contributed by atoms with Gasteiger partial charge in [0.25, 0.3) is 0 Å². The molecule has 1 amide bonds. The van der Waals surface area contributed by atoms with E-state index in [-0.39, 0.29) is 0 Å². The van der Waals surface area contributed by atoms with Crippen molar-refractivity contribution in [2.45, 2.75) is 6.92 Å². The molecule has 1 fully saturated rings. The number of pyridine rings is 1. The van der Waals surface area contributed by atoms with Crippen molar-refractivity contribution in [1.29, 1.82) is 0 Å². The highest BCUT2D eigenvalue weighted by molar-refractivity contribution is 5.73. The Hall–Kier alpha value is -3.19. The number of rotatable bonds is 5. The van der Waals surface area contributed by atoms with Gasteiger partial charge in [-0.25, -0.2) is 4.68 Å². The third-order valence-corrected chi connectivity index (χ3v) is 4.70. The van der Waals surface area contributed by atoms with Gasteiger partial charge in [0.1, 0.15) is 0 Å². The number of morpholine rings is 1. The summed E-state index contributed by atoms with van der Waals surface area (Å²) >= 11 is 0. The molecule has 7 heteroatoms. The number of aromatic nitrogens is 3. The van der Waals surface area contributed by atoms with Crippen LogP contribution in [0.1, 0.15) is 5.56 Å². The van der Waals surface area contributed by atoms with Crippen LogP contribution in [0, 0.1) is 6.92 Å². The van der Waals surface area contributed by atoms with E-state index in [1.165, 1.54) is 0 Å². The van der Waals surface area contributed by atoms with Crippen LogP contribution in [0.25, 0.3) is 16.8 Å². The second-order valence-corrected chi connectivity index (χ2v) is 6.47. The molecule has 1 aliphatic heterocycles. The molecule has 0 atom stereocenters. The molecule has 3 heterocycles. The fraction of sp³-hybridized carbons (Fsp3) is 0.250. The number of carbonyl (C=O) groups excluding carboxylic acids is 1. The molecule has 0 radical (unpaired) electrons. The number of carbonyl (C=O) groups is 1. The summed E-state index contributed by atoms with van der Waals surface area (Å²) < 4.78 is 7.25. The van der Waals surface area contributed by atoms with Gasteiger partial charge in [-0.2, -0.15) is 5.10 Å². The van der Waals surface area contributed by atoms with E-state index in [0.29, 0.717) is 6.41 Å². The number of anilines is 2. The molecule has 0 spiro atoms. The molecule has 2 aromatic heterocycles. The summed E-state index contributed by atoms with van der Waals surface area (Å²) in [6, 6.07) is 7.87. The van der Waals surface area contributed by atoms with E-state index >= 15 is 0 Å². The lowest BCUT2D eigenvalue weighted by Crippen LogP contribution is -2.36. The minimum atomic E-state index is 0.672. The summed E-state index contributed by atoms with van der Waals surface area (Å²) in [5.74, 6) is 0. The average Bonchev–Trinajstić information content (AvgIpc) is 3.20. The van der Waals surface area contributed by atoms with Crippen molar-refractivity contribution in [3.63, 3.8) is 0 Å². The Kier molecular flexibility index (Phi) is 4.84. The Morgan fingerprint density at radius 3 is 2.78 bits per heavy atom. The maximum atomic E-state index is 10.7. The van der Waals surface area contributed by atoms with Gasteiger partial charge in [-0.05, 0) is 30.7 Å². The van der Waals surface area contributed by atoms with Crippen molar-refractivity contribution in [3.05, 3.63) is 54.6 Å². The molecule has 7 nitrogen and oxygen atoms in total. The van der Waals surface area contributed by atoms with Gasteiger partial charge in [0, 0.05) is 42.3 Å². The van der Waals surface area contributed by atoms with Crippen LogP contribution in [0.15, 0.2) is 49.1 Å². The summed E-state index contributed by atoms with van der Waals surface area (Å²) in [6.07, 6.45) is 8.22. The molecule has 0 bridgehead atoms. The van der Waals surface area contributed by atoms with Crippen molar-refractivity contribution in [2.24, 2.45) is 0 Å². The van der Waals surface area contributed by atoms with E-state index in [9.17, 15) is 4.79 Å². The standard InChI is InChI=1S/C20H21N5O2/c1-15-2-3-18(22-14-26)9-20(15)25-13-17(11-23-25)16-8-19(12-21-10-16)24-4-6-27-7-5-24/h2-3,8-14H,4-7H2,1H3,(H,22,26). The third-order valence-electron chi connectivity index (χ3n) is 4.70. The maximum Gasteiger partial charge on any atom is 0.211 e. The minimum Gasteiger partial charge on any atom is -0.378 e. The van der Waals surface area contributed by atoms with Gasteiger partial charge < -0.3 is 15.0 Å². The van der Waals surface area contributed by atoms with Gasteiger partial charge in [-0.3, -0.25) is 9.78 Å². The number of ether oxygens (including phenoxy) is 1. The summed E-state index contributed by atoms with van der Waals surface area (Å²) in [5.41, 5.74) is 5.83. The highest BCUT2D eigenvalue weighted by Crippen LogP contribution is 2.26. The largest absolute Gasteiger partial charge is 0.378 e. The zero-order valence-corrected chi connectivity index (χ0v) is 15.1. The molecule has 138 valence electrons. The summed E-state index contributed by atoms with van der Waals surface area (Å²) in [6.45, 7) is 5.25. The summed E-state index contributed by atoms with van der Waals surface area (Å²) in [5, 5.41) is 7.19. The smallest absolute Gasteiger partial charge is 0.211 e. The molecule has 0 aliphatic carbocycles. The molecular weight excluding hydrogens is 342 g/mol. The molecule has 27 heavy (non-hydrogen) atoms. The van der Waals surface area contributed by atoms with Gasteiger partial charge >= 0.3 is 0 Å². The monoisotopic (exact) mass is 363 g/mol. The Morgan fingerprint density at radius 2 is 1.96 bits per heavy atom. The second-order valence-electron chi connectivity index (χ2n) is 6.47. The van der Waals surface area contributed by atoms with Crippen LogP contribution < -0.4 is 10.2 Å². The lowest BCUT2D eigenvalue weighted by molar-refractivity contribution is -0.105. The van der Waals surface area contributed by atoms with Gasteiger partial charge in [0.2, 0.25) is 6.41 Å². The Morgan fingerprint density at radius 1 is 1.11 bits per heavy atom.